The molecule has 0 unspecified atom stereocenters. The predicted octanol–water partition coefficient (Wildman–Crippen LogP) is 3.27. The number of aromatic nitrogens is 2. The normalized spacial score (nSPS) is 10.8. The van der Waals surface area contributed by atoms with Gasteiger partial charge >= 0.3 is 5.97 Å². The summed E-state index contributed by atoms with van der Waals surface area (Å²) in [5.41, 5.74) is 2.88. The number of halogens is 1. The van der Waals surface area contributed by atoms with Crippen LogP contribution in [0, 0.1) is 6.92 Å². The Morgan fingerprint density at radius 1 is 1.58 bits per heavy atom. The summed E-state index contributed by atoms with van der Waals surface area (Å²) in [7, 11) is 0. The number of carboxylic acids is 1. The quantitative estimate of drug-likeness (QED) is 0.860. The maximum atomic E-state index is 10.7. The van der Waals surface area contributed by atoms with Crippen LogP contribution in [-0.2, 0) is 11.3 Å². The van der Waals surface area contributed by atoms with Gasteiger partial charge in [0.05, 0.1) is 23.3 Å². The smallest absolute Gasteiger partial charge is 0.313 e. The minimum absolute atomic E-state index is 0.0307. The van der Waals surface area contributed by atoms with Crippen molar-refractivity contribution in [2.24, 2.45) is 0 Å². The van der Waals surface area contributed by atoms with Crippen molar-refractivity contribution >= 4 is 40.4 Å². The molecule has 19 heavy (non-hydrogen) atoms. The first-order valence-corrected chi connectivity index (χ1v) is 6.98. The third-order valence-electron chi connectivity index (χ3n) is 2.52. The molecule has 1 aromatic heterocycles. The molecule has 6 heteroatoms. The Bertz CT molecular complexity index is 651. The Kier molecular flexibility index (Phi) is 4.17. The monoisotopic (exact) mass is 296 g/mol. The molecule has 0 saturated carbocycles. The highest BCUT2D eigenvalue weighted by molar-refractivity contribution is 7.99. The molecule has 0 fully saturated rings. The van der Waals surface area contributed by atoms with Crippen LogP contribution in [0.25, 0.3) is 11.0 Å². The molecule has 0 atom stereocenters. The van der Waals surface area contributed by atoms with Crippen molar-refractivity contribution in [1.82, 2.24) is 9.55 Å². The van der Waals surface area contributed by atoms with Crippen LogP contribution in [0.5, 0.6) is 0 Å². The van der Waals surface area contributed by atoms with E-state index >= 15 is 0 Å². The number of aliphatic carboxylic acids is 1. The van der Waals surface area contributed by atoms with Gasteiger partial charge in [-0.2, -0.15) is 0 Å². The largest absolute Gasteiger partial charge is 0.481 e. The van der Waals surface area contributed by atoms with Gasteiger partial charge in [0.25, 0.3) is 0 Å². The highest BCUT2D eigenvalue weighted by Crippen LogP contribution is 2.26. The summed E-state index contributed by atoms with van der Waals surface area (Å²) in [6, 6.07) is 5.90. The highest BCUT2D eigenvalue weighted by atomic mass is 35.5. The van der Waals surface area contributed by atoms with Gasteiger partial charge in [-0.1, -0.05) is 36.0 Å². The maximum absolute atomic E-state index is 10.7. The summed E-state index contributed by atoms with van der Waals surface area (Å²) >= 11 is 7.06. The van der Waals surface area contributed by atoms with E-state index < -0.39 is 5.97 Å². The van der Waals surface area contributed by atoms with Gasteiger partial charge in [-0.15, -0.1) is 0 Å². The molecule has 1 N–H and O–H groups in total. The van der Waals surface area contributed by atoms with Gasteiger partial charge in [0.15, 0.2) is 5.16 Å². The molecule has 0 bridgehead atoms. The Hall–Kier alpha value is -1.46. The van der Waals surface area contributed by atoms with Gasteiger partial charge < -0.3 is 9.67 Å². The third-order valence-corrected chi connectivity index (χ3v) is 3.60. The maximum Gasteiger partial charge on any atom is 0.313 e. The highest BCUT2D eigenvalue weighted by Gasteiger charge is 2.13. The lowest BCUT2D eigenvalue weighted by molar-refractivity contribution is -0.133. The van der Waals surface area contributed by atoms with Crippen LogP contribution in [0.4, 0.5) is 0 Å². The Labute approximate surface area is 120 Å². The topological polar surface area (TPSA) is 55.1 Å². The van der Waals surface area contributed by atoms with E-state index in [1.165, 1.54) is 11.8 Å². The van der Waals surface area contributed by atoms with Crippen molar-refractivity contribution in [3.05, 3.63) is 35.4 Å². The fraction of sp³-hybridized carbons (Fsp3) is 0.231. The zero-order valence-electron chi connectivity index (χ0n) is 10.4. The van der Waals surface area contributed by atoms with Gasteiger partial charge in [-0.3, -0.25) is 4.79 Å². The number of aryl methyl sites for hydroxylation is 1. The van der Waals surface area contributed by atoms with E-state index in [2.05, 4.69) is 11.6 Å². The molecule has 4 nitrogen and oxygen atoms in total. The number of imidazole rings is 1. The van der Waals surface area contributed by atoms with E-state index in [9.17, 15) is 4.79 Å². The van der Waals surface area contributed by atoms with E-state index in [1.807, 2.05) is 29.7 Å². The Morgan fingerprint density at radius 3 is 2.95 bits per heavy atom. The number of hydrogen-bond donors (Lipinski definition) is 1. The molecule has 1 heterocycles. The number of hydrogen-bond acceptors (Lipinski definition) is 3. The summed E-state index contributed by atoms with van der Waals surface area (Å²) in [5, 5.41) is 9.89. The zero-order chi connectivity index (χ0) is 14.0. The third kappa shape index (κ3) is 3.30. The van der Waals surface area contributed by atoms with Crippen molar-refractivity contribution in [2.75, 3.05) is 5.75 Å². The number of thioether (sulfide) groups is 1. The van der Waals surface area contributed by atoms with E-state index in [0.29, 0.717) is 16.7 Å². The number of carboxylic acid groups (broad SMARTS) is 1. The van der Waals surface area contributed by atoms with E-state index in [0.717, 1.165) is 16.6 Å². The number of allylic oxidation sites excluding steroid dienone is 1. The molecule has 0 radical (unpaired) electrons. The second-order valence-electron chi connectivity index (χ2n) is 4.17. The van der Waals surface area contributed by atoms with E-state index in [4.69, 9.17) is 16.7 Å². The molecular weight excluding hydrogens is 284 g/mol. The molecule has 0 aliphatic rings. The molecule has 2 rings (SSSR count). The first-order chi connectivity index (χ1) is 8.97. The Balaban J connectivity index is 2.48. The van der Waals surface area contributed by atoms with Gasteiger partial charge in [-0.05, 0) is 24.6 Å². The van der Waals surface area contributed by atoms with Crippen LogP contribution in [-0.4, -0.2) is 26.4 Å². The average Bonchev–Trinajstić information content (AvgIpc) is 2.64. The van der Waals surface area contributed by atoms with Crippen LogP contribution in [0.1, 0.15) is 5.56 Å². The number of nitrogens with zero attached hydrogens (tertiary/aromatic N) is 2. The van der Waals surface area contributed by atoms with Crippen molar-refractivity contribution in [3.63, 3.8) is 0 Å². The lowest BCUT2D eigenvalue weighted by atomic mass is 10.2. The van der Waals surface area contributed by atoms with E-state index in [-0.39, 0.29) is 5.75 Å². The summed E-state index contributed by atoms with van der Waals surface area (Å²) < 4.78 is 1.89. The molecule has 0 aliphatic heterocycles. The second-order valence-corrected chi connectivity index (χ2v) is 5.65. The molecule has 0 spiro atoms. The summed E-state index contributed by atoms with van der Waals surface area (Å²) in [6.07, 6.45) is 0. The lowest BCUT2D eigenvalue weighted by Gasteiger charge is -2.07. The molecule has 100 valence electrons. The fourth-order valence-corrected chi connectivity index (χ4v) is 2.63. The Morgan fingerprint density at radius 2 is 2.32 bits per heavy atom. The van der Waals surface area contributed by atoms with Gasteiger partial charge in [0.1, 0.15) is 0 Å². The van der Waals surface area contributed by atoms with Gasteiger partial charge in [0, 0.05) is 5.03 Å². The molecule has 2 aromatic rings. The fourth-order valence-electron chi connectivity index (χ4n) is 1.77. The van der Waals surface area contributed by atoms with Crippen LogP contribution in [0.2, 0.25) is 0 Å². The van der Waals surface area contributed by atoms with Crippen molar-refractivity contribution in [1.29, 1.82) is 0 Å². The van der Waals surface area contributed by atoms with Crippen molar-refractivity contribution in [3.8, 4) is 0 Å². The minimum atomic E-state index is -0.871. The van der Waals surface area contributed by atoms with Gasteiger partial charge in [-0.25, -0.2) is 4.98 Å². The second kappa shape index (κ2) is 5.67. The van der Waals surface area contributed by atoms with E-state index in [1.54, 1.807) is 0 Å². The van der Waals surface area contributed by atoms with Crippen LogP contribution in [0.3, 0.4) is 0 Å². The number of carbonyl (C=O) groups is 1. The minimum Gasteiger partial charge on any atom is -0.481 e. The summed E-state index contributed by atoms with van der Waals surface area (Å²) in [5.74, 6) is -0.902. The average molecular weight is 297 g/mol. The molecule has 0 amide bonds. The molecule has 0 saturated heterocycles. The predicted molar refractivity (Wildman–Crippen MR) is 77.8 cm³/mol. The van der Waals surface area contributed by atoms with Crippen molar-refractivity contribution < 1.29 is 9.90 Å². The standard InChI is InChI=1S/C13H13ClN2O2S/c1-8-3-4-10-11(5-8)16(6-9(2)14)13(15-10)19-7-12(17)18/h3-5H,2,6-7H2,1H3,(H,17,18). The number of fused-ring (bicyclic) bond motifs is 1. The summed E-state index contributed by atoms with van der Waals surface area (Å²) in [6.45, 7) is 6.10. The van der Waals surface area contributed by atoms with Gasteiger partial charge in [0.2, 0.25) is 0 Å². The van der Waals surface area contributed by atoms with Crippen LogP contribution < -0.4 is 0 Å². The van der Waals surface area contributed by atoms with Crippen LogP contribution in [0.15, 0.2) is 35.0 Å². The van der Waals surface area contributed by atoms with Crippen LogP contribution >= 0.6 is 23.4 Å². The number of rotatable bonds is 5. The first kappa shape index (κ1) is 14.0. The van der Waals surface area contributed by atoms with Crippen molar-refractivity contribution in [2.45, 2.75) is 18.6 Å². The zero-order valence-corrected chi connectivity index (χ0v) is 12.0. The molecule has 1 aromatic carbocycles. The number of benzene rings is 1. The first-order valence-electron chi connectivity index (χ1n) is 5.62. The SMILES string of the molecule is C=C(Cl)Cn1c(SCC(=O)O)nc2ccc(C)cc21. The summed E-state index contributed by atoms with van der Waals surface area (Å²) in [4.78, 5) is 15.1. The molecule has 0 aliphatic carbocycles. The lowest BCUT2D eigenvalue weighted by Crippen LogP contribution is -2.03. The molecular formula is C13H13ClN2O2S.